The third-order valence-electron chi connectivity index (χ3n) is 3.31. The van der Waals surface area contributed by atoms with Crippen LogP contribution in [0.5, 0.6) is 5.75 Å². The number of hydrogen-bond donors (Lipinski definition) is 2. The number of ether oxygens (including phenoxy) is 1. The molecule has 2 unspecified atom stereocenters. The fraction of sp³-hybridized carbons (Fsp3) is 0.571. The van der Waals surface area contributed by atoms with Gasteiger partial charge in [0.1, 0.15) is 16.7 Å². The zero-order valence-electron chi connectivity index (χ0n) is 11.9. The largest absolute Gasteiger partial charge is 0.487 e. The number of hydrogen-bond acceptors (Lipinski definition) is 4. The lowest BCUT2D eigenvalue weighted by Gasteiger charge is -2.20. The maximum atomic E-state index is 12.3. The third kappa shape index (κ3) is 3.50. The predicted octanol–water partition coefficient (Wildman–Crippen LogP) is 1.63. The molecular formula is C14H22N2O3S. The van der Waals surface area contributed by atoms with E-state index in [0.29, 0.717) is 5.75 Å². The summed E-state index contributed by atoms with van der Waals surface area (Å²) in [6.45, 7) is 3.57. The maximum absolute atomic E-state index is 12.3. The zero-order valence-corrected chi connectivity index (χ0v) is 12.7. The Morgan fingerprint density at radius 1 is 1.30 bits per heavy atom. The molecule has 5 nitrogen and oxygen atoms in total. The molecule has 2 rings (SSSR count). The topological polar surface area (TPSA) is 81.4 Å². The van der Waals surface area contributed by atoms with Crippen molar-refractivity contribution in [2.45, 2.75) is 56.2 Å². The van der Waals surface area contributed by atoms with Gasteiger partial charge in [-0.25, -0.2) is 13.1 Å². The van der Waals surface area contributed by atoms with Crippen LogP contribution in [0.2, 0.25) is 0 Å². The Bertz CT molecular complexity index is 557. The number of sulfonamides is 1. The van der Waals surface area contributed by atoms with E-state index in [1.807, 2.05) is 0 Å². The summed E-state index contributed by atoms with van der Waals surface area (Å²) in [4.78, 5) is 0.174. The van der Waals surface area contributed by atoms with Crippen LogP contribution in [0.25, 0.3) is 0 Å². The average Bonchev–Trinajstić information content (AvgIpc) is 2.74. The standard InChI is InChI=1S/C14H22N2O3S/c1-10(2)16-20(17,18)14-9-4-3-7-13(14)19-12-8-5-6-11(12)15/h3-4,7,9-12,16H,5-6,8,15H2,1-2H3. The van der Waals surface area contributed by atoms with Crippen molar-refractivity contribution < 1.29 is 13.2 Å². The second-order valence-electron chi connectivity index (χ2n) is 5.47. The Hall–Kier alpha value is -1.11. The molecule has 0 aliphatic heterocycles. The molecule has 0 saturated heterocycles. The Kier molecular flexibility index (Phi) is 4.67. The first-order valence-electron chi connectivity index (χ1n) is 6.94. The van der Waals surface area contributed by atoms with Gasteiger partial charge in [-0.05, 0) is 45.2 Å². The van der Waals surface area contributed by atoms with Crippen molar-refractivity contribution in [1.29, 1.82) is 0 Å². The number of benzene rings is 1. The van der Waals surface area contributed by atoms with Gasteiger partial charge in [-0.15, -0.1) is 0 Å². The molecule has 0 bridgehead atoms. The van der Waals surface area contributed by atoms with Gasteiger partial charge in [0.15, 0.2) is 0 Å². The van der Waals surface area contributed by atoms with Crippen molar-refractivity contribution in [3.05, 3.63) is 24.3 Å². The van der Waals surface area contributed by atoms with Crippen molar-refractivity contribution >= 4 is 10.0 Å². The summed E-state index contributed by atoms with van der Waals surface area (Å²) in [5.74, 6) is 0.378. The van der Waals surface area contributed by atoms with E-state index in [0.717, 1.165) is 19.3 Å². The third-order valence-corrected chi connectivity index (χ3v) is 5.01. The molecule has 6 heteroatoms. The van der Waals surface area contributed by atoms with Gasteiger partial charge in [-0.3, -0.25) is 0 Å². The van der Waals surface area contributed by atoms with Gasteiger partial charge in [0.05, 0.1) is 0 Å². The summed E-state index contributed by atoms with van der Waals surface area (Å²) in [5.41, 5.74) is 5.98. The fourth-order valence-electron chi connectivity index (χ4n) is 2.41. The number of nitrogens with two attached hydrogens (primary N) is 1. The van der Waals surface area contributed by atoms with E-state index in [2.05, 4.69) is 4.72 Å². The van der Waals surface area contributed by atoms with Crippen molar-refractivity contribution in [2.24, 2.45) is 5.73 Å². The molecule has 1 aliphatic rings. The molecule has 3 N–H and O–H groups in total. The maximum Gasteiger partial charge on any atom is 0.244 e. The SMILES string of the molecule is CC(C)NS(=O)(=O)c1ccccc1OC1CCCC1N. The summed E-state index contributed by atoms with van der Waals surface area (Å²) < 4.78 is 33.0. The lowest BCUT2D eigenvalue weighted by molar-refractivity contribution is 0.186. The first kappa shape index (κ1) is 15.3. The van der Waals surface area contributed by atoms with Crippen molar-refractivity contribution in [1.82, 2.24) is 4.72 Å². The summed E-state index contributed by atoms with van der Waals surface area (Å²) in [5, 5.41) is 0. The monoisotopic (exact) mass is 298 g/mol. The number of nitrogens with one attached hydrogen (secondary N) is 1. The molecule has 20 heavy (non-hydrogen) atoms. The highest BCUT2D eigenvalue weighted by atomic mass is 32.2. The molecule has 112 valence electrons. The van der Waals surface area contributed by atoms with Crippen LogP contribution in [-0.4, -0.2) is 26.6 Å². The van der Waals surface area contributed by atoms with Crippen molar-refractivity contribution in [2.75, 3.05) is 0 Å². The highest BCUT2D eigenvalue weighted by Crippen LogP contribution is 2.28. The van der Waals surface area contributed by atoms with Crippen LogP contribution in [-0.2, 0) is 10.0 Å². The van der Waals surface area contributed by atoms with E-state index >= 15 is 0 Å². The van der Waals surface area contributed by atoms with E-state index in [4.69, 9.17) is 10.5 Å². The van der Waals surface area contributed by atoms with Crippen molar-refractivity contribution in [3.63, 3.8) is 0 Å². The Balaban J connectivity index is 2.26. The van der Waals surface area contributed by atoms with Crippen LogP contribution in [0.1, 0.15) is 33.1 Å². The zero-order chi connectivity index (χ0) is 14.8. The van der Waals surface area contributed by atoms with Crippen molar-refractivity contribution in [3.8, 4) is 5.75 Å². The van der Waals surface area contributed by atoms with E-state index in [1.165, 1.54) is 0 Å². The summed E-state index contributed by atoms with van der Waals surface area (Å²) in [6, 6.07) is 6.51. The highest BCUT2D eigenvalue weighted by molar-refractivity contribution is 7.89. The van der Waals surface area contributed by atoms with E-state index < -0.39 is 10.0 Å². The van der Waals surface area contributed by atoms with Crippen LogP contribution in [0, 0.1) is 0 Å². The summed E-state index contributed by atoms with van der Waals surface area (Å²) in [6.07, 6.45) is 2.70. The van der Waals surface area contributed by atoms with E-state index in [9.17, 15) is 8.42 Å². The van der Waals surface area contributed by atoms with Gasteiger partial charge in [-0.2, -0.15) is 0 Å². The Morgan fingerprint density at radius 2 is 2.00 bits per heavy atom. The first-order chi connectivity index (χ1) is 9.40. The molecule has 1 fully saturated rings. The molecule has 0 amide bonds. The molecular weight excluding hydrogens is 276 g/mol. The van der Waals surface area contributed by atoms with Gasteiger partial charge < -0.3 is 10.5 Å². The summed E-state index contributed by atoms with van der Waals surface area (Å²) in [7, 11) is -3.57. The van der Waals surface area contributed by atoms with Gasteiger partial charge >= 0.3 is 0 Å². The van der Waals surface area contributed by atoms with Crippen LogP contribution in [0.15, 0.2) is 29.2 Å². The highest BCUT2D eigenvalue weighted by Gasteiger charge is 2.28. The van der Waals surface area contributed by atoms with Crippen LogP contribution < -0.4 is 15.2 Å². The van der Waals surface area contributed by atoms with Gasteiger partial charge in [0.2, 0.25) is 10.0 Å². The molecule has 0 spiro atoms. The van der Waals surface area contributed by atoms with E-state index in [1.54, 1.807) is 38.1 Å². The minimum absolute atomic E-state index is 0.0242. The van der Waals surface area contributed by atoms with Crippen LogP contribution in [0.4, 0.5) is 0 Å². The summed E-state index contributed by atoms with van der Waals surface area (Å²) >= 11 is 0. The second-order valence-corrected chi connectivity index (χ2v) is 7.16. The van der Waals surface area contributed by atoms with Crippen LogP contribution in [0.3, 0.4) is 0 Å². The normalized spacial score (nSPS) is 23.2. The molecule has 0 aromatic heterocycles. The molecule has 0 heterocycles. The second kappa shape index (κ2) is 6.11. The van der Waals surface area contributed by atoms with Crippen LogP contribution >= 0.6 is 0 Å². The van der Waals surface area contributed by atoms with Gasteiger partial charge in [0, 0.05) is 12.1 Å². The van der Waals surface area contributed by atoms with E-state index in [-0.39, 0.29) is 23.1 Å². The number of rotatable bonds is 5. The molecule has 1 aliphatic carbocycles. The average molecular weight is 298 g/mol. The lowest BCUT2D eigenvalue weighted by atomic mass is 10.2. The molecule has 0 radical (unpaired) electrons. The minimum Gasteiger partial charge on any atom is -0.487 e. The van der Waals surface area contributed by atoms with Gasteiger partial charge in [-0.1, -0.05) is 12.1 Å². The predicted molar refractivity (Wildman–Crippen MR) is 78.1 cm³/mol. The lowest BCUT2D eigenvalue weighted by Crippen LogP contribution is -2.35. The molecule has 1 aromatic rings. The smallest absolute Gasteiger partial charge is 0.244 e. The molecule has 1 aromatic carbocycles. The number of para-hydroxylation sites is 1. The van der Waals surface area contributed by atoms with Gasteiger partial charge in [0.25, 0.3) is 0 Å². The minimum atomic E-state index is -3.57. The Labute approximate surface area is 120 Å². The molecule has 2 atom stereocenters. The fourth-order valence-corrected chi connectivity index (χ4v) is 3.79. The molecule has 1 saturated carbocycles. The quantitative estimate of drug-likeness (QED) is 0.865. The Morgan fingerprint density at radius 3 is 2.60 bits per heavy atom. The first-order valence-corrected chi connectivity index (χ1v) is 8.42.